The Hall–Kier alpha value is -2.29. The predicted molar refractivity (Wildman–Crippen MR) is 218 cm³/mol. The Labute approximate surface area is 320 Å². The summed E-state index contributed by atoms with van der Waals surface area (Å²) in [6.07, 6.45) is 16.3. The van der Waals surface area contributed by atoms with Crippen LogP contribution in [0.1, 0.15) is 93.7 Å². The number of fused-ring (bicyclic) bond motifs is 3. The van der Waals surface area contributed by atoms with E-state index in [2.05, 4.69) is 103 Å². The standard InChI is InChI=1S/C15H21ClN2.2C15H22N2/c16-13-6-4-12(5-7-13)11-18-10-2-1-3-14-15(18)8-9-17-14;2*1-2-6-13(7-3-1)12-17-11-5-4-8-14-15(17)9-10-16-14/h4-7,14-15,17H,1-3,8-11H2;2*1-3,6-7,14-16H,4-5,8-12H2. The van der Waals surface area contributed by atoms with E-state index < -0.39 is 0 Å². The van der Waals surface area contributed by atoms with E-state index in [9.17, 15) is 0 Å². The van der Waals surface area contributed by atoms with Crippen LogP contribution in [0.15, 0.2) is 84.9 Å². The molecule has 0 radical (unpaired) electrons. The quantitative estimate of drug-likeness (QED) is 0.241. The first-order chi connectivity index (χ1) is 25.7. The van der Waals surface area contributed by atoms with E-state index in [1.807, 2.05) is 12.1 Å². The van der Waals surface area contributed by atoms with Crippen LogP contribution in [-0.4, -0.2) is 90.2 Å². The first-order valence-corrected chi connectivity index (χ1v) is 21.3. The summed E-state index contributed by atoms with van der Waals surface area (Å²) in [5, 5.41) is 11.8. The molecular weight excluding hydrogens is 660 g/mol. The molecule has 3 N–H and O–H groups in total. The Bertz CT molecular complexity index is 1370. The summed E-state index contributed by atoms with van der Waals surface area (Å²) in [6, 6.07) is 34.6. The van der Waals surface area contributed by atoms with Crippen LogP contribution in [0.2, 0.25) is 5.02 Å². The van der Waals surface area contributed by atoms with Crippen molar-refractivity contribution >= 4 is 11.6 Å². The van der Waals surface area contributed by atoms with E-state index in [0.29, 0.717) is 0 Å². The monoisotopic (exact) mass is 724 g/mol. The number of rotatable bonds is 6. The lowest BCUT2D eigenvalue weighted by atomic mass is 10.0. The molecule has 6 aliphatic heterocycles. The summed E-state index contributed by atoms with van der Waals surface area (Å²) < 4.78 is 0. The van der Waals surface area contributed by atoms with Crippen molar-refractivity contribution in [2.75, 3.05) is 39.3 Å². The number of hydrogen-bond donors (Lipinski definition) is 3. The molecule has 0 aromatic heterocycles. The SMILES string of the molecule is Clc1ccc(CN2CCCCC3NCCC32)cc1.c1ccc(CN2CCCCC3NCCC32)cc1.c1ccc(CN2CCCCC3NCCC32)cc1. The number of likely N-dealkylation sites (tertiary alicyclic amines) is 3. The van der Waals surface area contributed by atoms with E-state index in [4.69, 9.17) is 11.6 Å². The van der Waals surface area contributed by atoms with Gasteiger partial charge in [-0.3, -0.25) is 14.7 Å². The van der Waals surface area contributed by atoms with Gasteiger partial charge in [-0.25, -0.2) is 0 Å². The van der Waals surface area contributed by atoms with Crippen molar-refractivity contribution in [1.82, 2.24) is 30.7 Å². The second-order valence-electron chi connectivity index (χ2n) is 16.2. The summed E-state index contributed by atoms with van der Waals surface area (Å²) in [7, 11) is 0. The number of halogens is 1. The molecule has 3 aromatic rings. The Morgan fingerprint density at radius 3 is 1.13 bits per heavy atom. The molecule has 6 atom stereocenters. The maximum Gasteiger partial charge on any atom is 0.0406 e. The molecule has 6 fully saturated rings. The highest BCUT2D eigenvalue weighted by Crippen LogP contribution is 2.28. The zero-order valence-corrected chi connectivity index (χ0v) is 32.4. The minimum atomic E-state index is 0.722. The van der Waals surface area contributed by atoms with Gasteiger partial charge in [0.25, 0.3) is 0 Å². The van der Waals surface area contributed by atoms with Crippen molar-refractivity contribution in [3.63, 3.8) is 0 Å². The predicted octanol–water partition coefficient (Wildman–Crippen LogP) is 7.86. The third-order valence-corrected chi connectivity index (χ3v) is 13.0. The molecule has 7 heteroatoms. The van der Waals surface area contributed by atoms with Gasteiger partial charge in [-0.1, -0.05) is 104 Å². The number of benzene rings is 3. The molecule has 52 heavy (non-hydrogen) atoms. The normalized spacial score (nSPS) is 29.6. The minimum absolute atomic E-state index is 0.722. The van der Waals surface area contributed by atoms with Gasteiger partial charge in [-0.15, -0.1) is 0 Å². The van der Waals surface area contributed by atoms with Crippen LogP contribution in [0, 0.1) is 0 Å². The van der Waals surface area contributed by atoms with Gasteiger partial charge < -0.3 is 16.0 Å². The first-order valence-electron chi connectivity index (χ1n) is 20.9. The molecule has 6 aliphatic rings. The van der Waals surface area contributed by atoms with Crippen LogP contribution < -0.4 is 16.0 Å². The molecular formula is C45H65ClN6. The van der Waals surface area contributed by atoms with E-state index >= 15 is 0 Å². The smallest absolute Gasteiger partial charge is 0.0406 e. The first kappa shape index (κ1) is 38.0. The molecule has 6 saturated heterocycles. The summed E-state index contributed by atoms with van der Waals surface area (Å²) >= 11 is 5.95. The summed E-state index contributed by atoms with van der Waals surface area (Å²) in [5.74, 6) is 0. The fourth-order valence-electron chi connectivity index (χ4n) is 10.0. The van der Waals surface area contributed by atoms with E-state index in [1.54, 1.807) is 0 Å². The molecule has 0 aliphatic carbocycles. The molecule has 0 bridgehead atoms. The average molecular weight is 726 g/mol. The lowest BCUT2D eigenvalue weighted by Gasteiger charge is -2.30. The molecule has 9 rings (SSSR count). The number of nitrogens with zero attached hydrogens (tertiary/aromatic N) is 3. The largest absolute Gasteiger partial charge is 0.312 e. The topological polar surface area (TPSA) is 45.8 Å². The van der Waals surface area contributed by atoms with Crippen LogP contribution in [0.5, 0.6) is 0 Å². The van der Waals surface area contributed by atoms with E-state index in [0.717, 1.165) is 60.9 Å². The van der Waals surface area contributed by atoms with E-state index in [-0.39, 0.29) is 0 Å². The molecule has 3 aromatic carbocycles. The number of nitrogens with one attached hydrogen (secondary N) is 3. The molecule has 6 unspecified atom stereocenters. The van der Waals surface area contributed by atoms with Crippen LogP contribution in [0.3, 0.4) is 0 Å². The summed E-state index contributed by atoms with van der Waals surface area (Å²) in [4.78, 5) is 8.07. The molecule has 282 valence electrons. The lowest BCUT2D eigenvalue weighted by molar-refractivity contribution is 0.186. The summed E-state index contributed by atoms with van der Waals surface area (Å²) in [5.41, 5.74) is 4.30. The van der Waals surface area contributed by atoms with Crippen LogP contribution in [0.4, 0.5) is 0 Å². The number of hydrogen-bond acceptors (Lipinski definition) is 6. The third kappa shape index (κ3) is 10.7. The Kier molecular flexibility index (Phi) is 14.5. The molecule has 0 spiro atoms. The van der Waals surface area contributed by atoms with Crippen molar-refractivity contribution in [2.45, 2.75) is 133 Å². The average Bonchev–Trinajstić information content (AvgIpc) is 3.89. The molecule has 6 nitrogen and oxygen atoms in total. The van der Waals surface area contributed by atoms with Gasteiger partial charge in [-0.2, -0.15) is 0 Å². The van der Waals surface area contributed by atoms with Crippen LogP contribution in [-0.2, 0) is 19.6 Å². The van der Waals surface area contributed by atoms with Gasteiger partial charge in [0.1, 0.15) is 0 Å². The van der Waals surface area contributed by atoms with Crippen molar-refractivity contribution < 1.29 is 0 Å². The Morgan fingerprint density at radius 1 is 0.423 bits per heavy atom. The zero-order chi connectivity index (χ0) is 35.4. The fraction of sp³-hybridized carbons (Fsp3) is 0.600. The highest BCUT2D eigenvalue weighted by atomic mass is 35.5. The minimum Gasteiger partial charge on any atom is -0.312 e. The second kappa shape index (κ2) is 19.9. The lowest BCUT2D eigenvalue weighted by Crippen LogP contribution is -2.41. The van der Waals surface area contributed by atoms with Crippen molar-refractivity contribution in [3.8, 4) is 0 Å². The highest BCUT2D eigenvalue weighted by molar-refractivity contribution is 6.30. The second-order valence-corrected chi connectivity index (χ2v) is 16.7. The maximum absolute atomic E-state index is 5.95. The Balaban J connectivity index is 0.000000121. The zero-order valence-electron chi connectivity index (χ0n) is 31.6. The molecule has 0 amide bonds. The van der Waals surface area contributed by atoms with E-state index in [1.165, 1.54) is 133 Å². The van der Waals surface area contributed by atoms with Gasteiger partial charge in [-0.05, 0) is 126 Å². The molecule has 0 saturated carbocycles. The van der Waals surface area contributed by atoms with Gasteiger partial charge in [0, 0.05) is 60.9 Å². The Morgan fingerprint density at radius 2 is 0.769 bits per heavy atom. The van der Waals surface area contributed by atoms with Crippen molar-refractivity contribution in [3.05, 3.63) is 107 Å². The van der Waals surface area contributed by atoms with Crippen molar-refractivity contribution in [1.29, 1.82) is 0 Å². The van der Waals surface area contributed by atoms with Gasteiger partial charge >= 0.3 is 0 Å². The van der Waals surface area contributed by atoms with Crippen LogP contribution >= 0.6 is 11.6 Å². The molecule has 6 heterocycles. The summed E-state index contributed by atoms with van der Waals surface area (Å²) in [6.45, 7) is 10.7. The maximum atomic E-state index is 5.95. The van der Waals surface area contributed by atoms with Gasteiger partial charge in [0.05, 0.1) is 0 Å². The van der Waals surface area contributed by atoms with Crippen molar-refractivity contribution in [2.24, 2.45) is 0 Å². The highest BCUT2D eigenvalue weighted by Gasteiger charge is 2.35. The fourth-order valence-corrected chi connectivity index (χ4v) is 10.2. The van der Waals surface area contributed by atoms with Gasteiger partial charge in [0.15, 0.2) is 0 Å². The third-order valence-electron chi connectivity index (χ3n) is 12.7. The van der Waals surface area contributed by atoms with Crippen LogP contribution in [0.25, 0.3) is 0 Å². The van der Waals surface area contributed by atoms with Gasteiger partial charge in [0.2, 0.25) is 0 Å².